The van der Waals surface area contributed by atoms with Crippen molar-refractivity contribution in [3.05, 3.63) is 143 Å². The largest absolute Gasteiger partial charge is 4.00 e. The Labute approximate surface area is 298 Å². The van der Waals surface area contributed by atoms with Crippen LogP contribution in [-0.4, -0.2) is 0 Å². The third-order valence-electron chi connectivity index (χ3n) is 9.58. The maximum absolute atomic E-state index is 2.42. The zero-order chi connectivity index (χ0) is 27.6. The summed E-state index contributed by atoms with van der Waals surface area (Å²) in [5.41, 5.74) is 3.34. The van der Waals surface area contributed by atoms with Crippen LogP contribution in [0, 0.1) is 0 Å². The van der Waals surface area contributed by atoms with Gasteiger partial charge >= 0.3 is 25.8 Å². The first-order valence-electron chi connectivity index (χ1n) is 15.4. The molecule has 2 heterocycles. The summed E-state index contributed by atoms with van der Waals surface area (Å²) in [7, 11) is -0.527. The minimum absolute atomic E-state index is 0. The van der Waals surface area contributed by atoms with Crippen LogP contribution in [0.4, 0.5) is 0 Å². The number of halogens is 2. The van der Waals surface area contributed by atoms with E-state index < -0.39 is 0 Å². The first-order chi connectivity index (χ1) is 20.8. The zero-order valence-corrected chi connectivity index (χ0v) is 31.8. The molecule has 0 radical (unpaired) electrons. The molecule has 0 bridgehead atoms. The fraction of sp³-hybridized carbons (Fsp3) is 0.150. The van der Waals surface area contributed by atoms with Crippen LogP contribution in [0.3, 0.4) is 0 Å². The molecule has 0 fully saturated rings. The van der Waals surface area contributed by atoms with E-state index in [2.05, 4.69) is 121 Å². The fourth-order valence-corrected chi connectivity index (χ4v) is 13.8. The summed E-state index contributed by atoms with van der Waals surface area (Å²) in [6, 6.07) is 45.4. The maximum Gasteiger partial charge on any atom is 4.00 e. The third-order valence-corrected chi connectivity index (χ3v) is 14.9. The summed E-state index contributed by atoms with van der Waals surface area (Å²) in [5, 5.41) is 18.4. The Kier molecular flexibility index (Phi) is 9.69. The Balaban J connectivity index is 0.000000149. The normalized spacial score (nSPS) is 14.0. The zero-order valence-electron chi connectivity index (χ0n) is 24.9. The molecule has 0 amide bonds. The van der Waals surface area contributed by atoms with E-state index in [0.717, 1.165) is 0 Å². The molecule has 0 saturated heterocycles. The molecule has 2 atom stereocenters. The Hall–Kier alpha value is -2.37. The van der Waals surface area contributed by atoms with Gasteiger partial charge in [-0.15, -0.1) is 85.1 Å². The first kappa shape index (κ1) is 32.6. The van der Waals surface area contributed by atoms with Crippen LogP contribution < -0.4 is 24.8 Å². The Bertz CT molecular complexity index is 2050. The van der Waals surface area contributed by atoms with Crippen molar-refractivity contribution in [2.24, 2.45) is 0 Å². The molecule has 0 aliphatic heterocycles. The predicted molar refractivity (Wildman–Crippen MR) is 186 cm³/mol. The van der Waals surface area contributed by atoms with Crippen LogP contribution in [0.1, 0.15) is 34.6 Å². The molecule has 2 aliphatic carbocycles. The van der Waals surface area contributed by atoms with Crippen molar-refractivity contribution in [1.29, 1.82) is 0 Å². The van der Waals surface area contributed by atoms with Gasteiger partial charge in [0.1, 0.15) is 0 Å². The van der Waals surface area contributed by atoms with E-state index in [1.165, 1.54) is 60.1 Å². The van der Waals surface area contributed by atoms with Crippen LogP contribution in [0.5, 0.6) is 0 Å². The molecule has 0 N–H and O–H groups in total. The molecule has 2 unspecified atom stereocenters. The van der Waals surface area contributed by atoms with Gasteiger partial charge < -0.3 is 24.8 Å². The summed E-state index contributed by atoms with van der Waals surface area (Å²) < 4.78 is 0. The van der Waals surface area contributed by atoms with Gasteiger partial charge in [0.15, 0.2) is 0 Å². The van der Waals surface area contributed by atoms with E-state index in [0.29, 0.717) is 0 Å². The molecule has 8 aromatic rings. The van der Waals surface area contributed by atoms with Crippen LogP contribution in [0.2, 0.25) is 0 Å². The Morgan fingerprint density at radius 2 is 0.867 bits per heavy atom. The summed E-state index contributed by atoms with van der Waals surface area (Å²) in [4.78, 5) is 0. The molecule has 6 aromatic carbocycles. The van der Waals surface area contributed by atoms with Crippen LogP contribution >= 0.6 is 15.1 Å². The second-order valence-corrected chi connectivity index (χ2v) is 16.4. The number of benzene rings is 4. The molecule has 220 valence electrons. The van der Waals surface area contributed by atoms with Gasteiger partial charge in [0.25, 0.3) is 0 Å². The van der Waals surface area contributed by atoms with E-state index >= 15 is 0 Å². The molecule has 45 heavy (non-hydrogen) atoms. The molecule has 10 rings (SSSR count). The van der Waals surface area contributed by atoms with Crippen molar-refractivity contribution in [3.63, 3.8) is 0 Å². The van der Waals surface area contributed by atoms with Gasteiger partial charge in [-0.25, -0.2) is 0 Å². The molecule has 0 saturated carbocycles. The van der Waals surface area contributed by atoms with Gasteiger partial charge in [0, 0.05) is 10.2 Å². The van der Waals surface area contributed by atoms with E-state index in [-0.39, 0.29) is 65.7 Å². The quantitative estimate of drug-likeness (QED) is 0.141. The van der Waals surface area contributed by atoms with Crippen molar-refractivity contribution in [2.75, 3.05) is 0 Å². The molecular weight excluding hydrogens is 792 g/mol. The van der Waals surface area contributed by atoms with E-state index in [1.54, 1.807) is 53.3 Å². The maximum atomic E-state index is 2.42. The number of fused-ring (bicyclic) bond motifs is 8. The predicted octanol–water partition coefficient (Wildman–Crippen LogP) is 6.36. The number of rotatable bonds is 2. The fourth-order valence-electron chi connectivity index (χ4n) is 7.78. The average Bonchev–Trinajstić information content (AvgIpc) is 3.86. The third kappa shape index (κ3) is 5.44. The summed E-state index contributed by atoms with van der Waals surface area (Å²) >= 11 is 0. The topological polar surface area (TPSA) is 0 Å². The Morgan fingerprint density at radius 3 is 1.31 bits per heavy atom. The van der Waals surface area contributed by atoms with Crippen molar-refractivity contribution >= 4 is 57.6 Å². The van der Waals surface area contributed by atoms with Crippen molar-refractivity contribution < 1.29 is 50.7 Å². The summed E-state index contributed by atoms with van der Waals surface area (Å²) in [5.74, 6) is 0. The van der Waals surface area contributed by atoms with Gasteiger partial charge in [-0.2, -0.15) is 12.1 Å². The van der Waals surface area contributed by atoms with Crippen LogP contribution in [0.15, 0.2) is 121 Å². The smallest absolute Gasteiger partial charge is 1.00 e. The minimum atomic E-state index is -0.264. The molecule has 0 nitrogen and oxygen atoms in total. The summed E-state index contributed by atoms with van der Waals surface area (Å²) in [6.07, 6.45) is 7.86. The second-order valence-electron chi connectivity index (χ2n) is 11.9. The monoisotopic (exact) mass is 824 g/mol. The second kappa shape index (κ2) is 13.4. The molecule has 5 heteroatoms. The van der Waals surface area contributed by atoms with Crippen LogP contribution in [-0.2, 0) is 51.5 Å². The van der Waals surface area contributed by atoms with E-state index in [4.69, 9.17) is 0 Å². The Morgan fingerprint density at radius 1 is 0.467 bits per heavy atom. The standard InChI is InChI=1S/2C20H16P.2ClH.Hf/c2*1-2-7-15-13-16(12-14(15)6-1)21-19-10-4-3-8-17(19)18-9-5-11-20(18)21;;;/h2*1-4,6-8,10,12-13H,5,9,11H2;2*1H;/q2*-1;;;+4/p-2. The summed E-state index contributed by atoms with van der Waals surface area (Å²) in [6.45, 7) is 0. The van der Waals surface area contributed by atoms with Gasteiger partial charge in [-0.3, -0.25) is 0 Å². The van der Waals surface area contributed by atoms with Gasteiger partial charge in [-0.1, -0.05) is 71.3 Å². The van der Waals surface area contributed by atoms with Crippen molar-refractivity contribution in [1.82, 2.24) is 0 Å². The first-order valence-corrected chi connectivity index (χ1v) is 18.1. The number of aryl methyl sites for hydroxylation is 2. The molecule has 0 spiro atoms. The van der Waals surface area contributed by atoms with Crippen molar-refractivity contribution in [3.8, 4) is 10.6 Å². The van der Waals surface area contributed by atoms with E-state index in [1.807, 2.05) is 0 Å². The number of hydrogen-bond donors (Lipinski definition) is 0. The average molecular weight is 824 g/mol. The van der Waals surface area contributed by atoms with Crippen molar-refractivity contribution in [2.45, 2.75) is 38.5 Å². The van der Waals surface area contributed by atoms with Crippen LogP contribution in [0.25, 0.3) is 53.2 Å². The number of hydrogen-bond acceptors (Lipinski definition) is 0. The minimum Gasteiger partial charge on any atom is -1.00 e. The van der Waals surface area contributed by atoms with Gasteiger partial charge in [0.05, 0.1) is 0 Å². The molecule has 2 aromatic heterocycles. The SMILES string of the molecule is [Cl-].[Cl-].[Hf+4].c1ccc2[cH-]c(-p3c4c(c5ccccc53)CCC4)cc2c1.c1ccc2[cH-]c(-p3c4c(c5ccccc53)CCC4)cc2c1. The molecule has 2 aliphatic rings. The van der Waals surface area contributed by atoms with E-state index in [9.17, 15) is 0 Å². The van der Waals surface area contributed by atoms with Gasteiger partial charge in [0.2, 0.25) is 0 Å². The van der Waals surface area contributed by atoms with Gasteiger partial charge in [-0.05, 0) is 71.0 Å². The molecular formula is C40H32Cl2HfP2.